The minimum Gasteiger partial charge on any atom is -0.310 e. The third-order valence-corrected chi connectivity index (χ3v) is 15.8. The van der Waals surface area contributed by atoms with Crippen LogP contribution >= 0.6 is 11.3 Å². The molecule has 0 amide bonds. The summed E-state index contributed by atoms with van der Waals surface area (Å²) < 4.78 is 2.65. The molecule has 0 atom stereocenters. The van der Waals surface area contributed by atoms with Crippen molar-refractivity contribution in [3.63, 3.8) is 0 Å². The molecule has 10 aromatic carbocycles. The van der Waals surface area contributed by atoms with Gasteiger partial charge in [-0.1, -0.05) is 202 Å². The Hall–Kier alpha value is -7.78. The highest BCUT2D eigenvalue weighted by atomic mass is 32.1. The molecule has 1 aromatic heterocycles. The van der Waals surface area contributed by atoms with Gasteiger partial charge in [0.2, 0.25) is 0 Å². The number of thiophene rings is 1. The molecule has 0 spiro atoms. The molecule has 0 aliphatic heterocycles. The SMILES string of the molecule is CC1(C)c2cc(-c3ccccc3)ccc2-c2ccc(N(c3ccc(-c4cccc5c4sc4ccccc45)cc3)c3ccc4c(c3)-c3ccccc3C4(c3ccccc3)c3ccccc3)cc21. The van der Waals surface area contributed by atoms with Crippen LogP contribution in [0.4, 0.5) is 17.1 Å². The predicted molar refractivity (Wildman–Crippen MR) is 280 cm³/mol. The van der Waals surface area contributed by atoms with Crippen molar-refractivity contribution in [1.82, 2.24) is 0 Å². The molecule has 66 heavy (non-hydrogen) atoms. The van der Waals surface area contributed by atoms with Crippen molar-refractivity contribution in [2.45, 2.75) is 24.7 Å². The van der Waals surface area contributed by atoms with Crippen molar-refractivity contribution in [3.05, 3.63) is 270 Å². The van der Waals surface area contributed by atoms with Crippen LogP contribution < -0.4 is 4.90 Å². The zero-order chi connectivity index (χ0) is 44.0. The van der Waals surface area contributed by atoms with Gasteiger partial charge in [0.15, 0.2) is 0 Å². The lowest BCUT2D eigenvalue weighted by Gasteiger charge is -2.34. The van der Waals surface area contributed by atoms with Crippen LogP contribution in [0.25, 0.3) is 64.7 Å². The highest BCUT2D eigenvalue weighted by Crippen LogP contribution is 2.58. The van der Waals surface area contributed by atoms with Crippen LogP contribution in [-0.4, -0.2) is 0 Å². The van der Waals surface area contributed by atoms with E-state index in [4.69, 9.17) is 0 Å². The molecule has 0 saturated heterocycles. The largest absolute Gasteiger partial charge is 0.310 e. The third kappa shape index (κ3) is 5.71. The molecular weight excluding hydrogens is 815 g/mol. The molecule has 1 heterocycles. The van der Waals surface area contributed by atoms with Gasteiger partial charge in [-0.25, -0.2) is 0 Å². The summed E-state index contributed by atoms with van der Waals surface area (Å²) in [6, 6.07) is 88.2. The standard InChI is InChI=1S/C64H45NS/c1-63(2)59-39-44(42-17-6-3-7-18-42)31-36-52(59)53-37-34-49(41-60(53)63)65(47-32-29-43(30-33-47)50-25-16-26-55-54-24-13-15-28-61(54)66-62(50)55)48-35-38-58-56(40-48)51-23-12-14-27-57(51)64(58,45-19-8-4-9-20-45)46-21-10-5-11-22-46/h3-41H,1-2H3. The number of hydrogen-bond acceptors (Lipinski definition) is 2. The number of nitrogens with zero attached hydrogens (tertiary/aromatic N) is 1. The van der Waals surface area contributed by atoms with Crippen LogP contribution in [-0.2, 0) is 10.8 Å². The number of rotatable bonds is 7. The van der Waals surface area contributed by atoms with Crippen LogP contribution in [0.2, 0.25) is 0 Å². The molecule has 1 nitrogen and oxygen atoms in total. The first kappa shape index (κ1) is 38.7. The van der Waals surface area contributed by atoms with E-state index < -0.39 is 5.41 Å². The molecule has 0 saturated carbocycles. The van der Waals surface area contributed by atoms with E-state index in [1.807, 2.05) is 11.3 Å². The van der Waals surface area contributed by atoms with Crippen molar-refractivity contribution in [1.29, 1.82) is 0 Å². The van der Waals surface area contributed by atoms with Crippen LogP contribution in [0.3, 0.4) is 0 Å². The van der Waals surface area contributed by atoms with E-state index in [2.05, 4.69) is 255 Å². The minimum atomic E-state index is -0.463. The van der Waals surface area contributed by atoms with Crippen LogP contribution in [0, 0.1) is 0 Å². The zero-order valence-corrected chi connectivity index (χ0v) is 37.7. The highest BCUT2D eigenvalue weighted by molar-refractivity contribution is 7.26. The minimum absolute atomic E-state index is 0.203. The second kappa shape index (κ2) is 14.9. The summed E-state index contributed by atoms with van der Waals surface area (Å²) in [7, 11) is 0. The topological polar surface area (TPSA) is 3.24 Å². The molecule has 0 radical (unpaired) electrons. The first-order valence-electron chi connectivity index (χ1n) is 23.0. The third-order valence-electron chi connectivity index (χ3n) is 14.6. The molecular formula is C64H45NS. The molecule has 11 aromatic rings. The lowest BCUT2D eigenvalue weighted by atomic mass is 9.68. The van der Waals surface area contributed by atoms with E-state index in [0.717, 1.165) is 17.1 Å². The average Bonchev–Trinajstić information content (AvgIpc) is 3.98. The molecule has 0 N–H and O–H groups in total. The van der Waals surface area contributed by atoms with Gasteiger partial charge >= 0.3 is 0 Å². The number of hydrogen-bond donors (Lipinski definition) is 0. The first-order valence-corrected chi connectivity index (χ1v) is 23.8. The Kier molecular flexibility index (Phi) is 8.72. The maximum absolute atomic E-state index is 2.48. The van der Waals surface area contributed by atoms with Gasteiger partial charge in [0.25, 0.3) is 0 Å². The summed E-state index contributed by atoms with van der Waals surface area (Å²) in [6.07, 6.45) is 0. The fourth-order valence-electron chi connectivity index (χ4n) is 11.5. The molecule has 0 bridgehead atoms. The van der Waals surface area contributed by atoms with E-state index in [1.54, 1.807) is 0 Å². The van der Waals surface area contributed by atoms with E-state index in [1.165, 1.54) is 98.1 Å². The Morgan fingerprint density at radius 1 is 0.333 bits per heavy atom. The molecule has 312 valence electrons. The van der Waals surface area contributed by atoms with Crippen molar-refractivity contribution in [2.75, 3.05) is 4.90 Å². The van der Waals surface area contributed by atoms with Gasteiger partial charge in [-0.05, 0) is 126 Å². The molecule has 2 aliphatic carbocycles. The van der Waals surface area contributed by atoms with Gasteiger partial charge in [-0.3, -0.25) is 0 Å². The van der Waals surface area contributed by atoms with Crippen molar-refractivity contribution in [2.24, 2.45) is 0 Å². The molecule has 13 rings (SSSR count). The quantitative estimate of drug-likeness (QED) is 0.154. The lowest BCUT2D eigenvalue weighted by molar-refractivity contribution is 0.660. The van der Waals surface area contributed by atoms with Gasteiger partial charge in [-0.15, -0.1) is 11.3 Å². The van der Waals surface area contributed by atoms with Gasteiger partial charge in [0.05, 0.1) is 5.41 Å². The summed E-state index contributed by atoms with van der Waals surface area (Å²) in [5.41, 5.74) is 20.7. The highest BCUT2D eigenvalue weighted by Gasteiger charge is 2.46. The molecule has 2 aliphatic rings. The van der Waals surface area contributed by atoms with Crippen molar-refractivity contribution < 1.29 is 0 Å². The Balaban J connectivity index is 0.992. The summed E-state index contributed by atoms with van der Waals surface area (Å²) in [5.74, 6) is 0. The Morgan fingerprint density at radius 2 is 0.864 bits per heavy atom. The van der Waals surface area contributed by atoms with Crippen molar-refractivity contribution >= 4 is 48.6 Å². The van der Waals surface area contributed by atoms with Gasteiger partial charge in [0, 0.05) is 42.6 Å². The van der Waals surface area contributed by atoms with E-state index >= 15 is 0 Å². The van der Waals surface area contributed by atoms with Gasteiger partial charge < -0.3 is 4.90 Å². The summed E-state index contributed by atoms with van der Waals surface area (Å²) >= 11 is 1.88. The predicted octanol–water partition coefficient (Wildman–Crippen LogP) is 17.5. The van der Waals surface area contributed by atoms with Crippen LogP contribution in [0.1, 0.15) is 47.2 Å². The van der Waals surface area contributed by atoms with Crippen molar-refractivity contribution in [3.8, 4) is 44.5 Å². The lowest BCUT2D eigenvalue weighted by Crippen LogP contribution is -2.28. The fourth-order valence-corrected chi connectivity index (χ4v) is 12.7. The maximum Gasteiger partial charge on any atom is 0.0713 e. The summed E-state index contributed by atoms with van der Waals surface area (Å²) in [6.45, 7) is 4.78. The van der Waals surface area contributed by atoms with Crippen LogP contribution in [0.15, 0.2) is 237 Å². The maximum atomic E-state index is 2.48. The zero-order valence-electron chi connectivity index (χ0n) is 36.9. The Bertz CT molecular complexity index is 3620. The van der Waals surface area contributed by atoms with E-state index in [9.17, 15) is 0 Å². The molecule has 0 unspecified atom stereocenters. The second-order valence-corrected chi connectivity index (χ2v) is 19.5. The second-order valence-electron chi connectivity index (χ2n) is 18.4. The van der Waals surface area contributed by atoms with E-state index in [0.29, 0.717) is 0 Å². The molecule has 2 heteroatoms. The van der Waals surface area contributed by atoms with Gasteiger partial charge in [-0.2, -0.15) is 0 Å². The van der Waals surface area contributed by atoms with E-state index in [-0.39, 0.29) is 5.41 Å². The average molecular weight is 860 g/mol. The number of benzene rings is 10. The summed E-state index contributed by atoms with van der Waals surface area (Å²) in [4.78, 5) is 2.48. The monoisotopic (exact) mass is 859 g/mol. The number of fused-ring (bicyclic) bond motifs is 9. The Labute approximate surface area is 390 Å². The first-order chi connectivity index (χ1) is 32.5. The Morgan fingerprint density at radius 3 is 1.62 bits per heavy atom. The summed E-state index contributed by atoms with van der Waals surface area (Å²) in [5, 5.41) is 2.64. The normalized spacial score (nSPS) is 13.8. The number of anilines is 3. The molecule has 0 fully saturated rings. The van der Waals surface area contributed by atoms with Crippen LogP contribution in [0.5, 0.6) is 0 Å². The fraction of sp³-hybridized carbons (Fsp3) is 0.0625. The smallest absolute Gasteiger partial charge is 0.0713 e. The van der Waals surface area contributed by atoms with Gasteiger partial charge in [0.1, 0.15) is 0 Å².